The van der Waals surface area contributed by atoms with E-state index in [9.17, 15) is 10.2 Å². The average molecular weight is 272 g/mol. The van der Waals surface area contributed by atoms with E-state index in [1.54, 1.807) is 0 Å². The van der Waals surface area contributed by atoms with E-state index in [2.05, 4.69) is 34.6 Å². The maximum Gasteiger partial charge on any atom is 0.157 e. The Morgan fingerprint density at radius 2 is 1.68 bits per heavy atom. The molecular formula is C16H32O3. The Hall–Kier alpha value is -0.120. The Bertz CT molecular complexity index is 267. The number of hydrogen-bond acceptors (Lipinski definition) is 3. The monoisotopic (exact) mass is 272 g/mol. The molecule has 0 spiro atoms. The number of aliphatic hydroxyl groups excluding tert-OH is 2. The summed E-state index contributed by atoms with van der Waals surface area (Å²) in [6.45, 7) is 12.6. The quantitative estimate of drug-likeness (QED) is 0.808. The lowest BCUT2D eigenvalue weighted by Crippen LogP contribution is -2.43. The maximum absolute atomic E-state index is 10.1. The SMILES string of the molecule is CC(C)[C@@H](O)[C@H](C)C[C@@H](C)[C@H]1OC(O)[C@H](C)C[C@H]1C. The summed E-state index contributed by atoms with van der Waals surface area (Å²) in [5, 5.41) is 20.0. The lowest BCUT2D eigenvalue weighted by atomic mass is 9.79. The van der Waals surface area contributed by atoms with Crippen molar-refractivity contribution in [2.75, 3.05) is 0 Å². The molecule has 3 heteroatoms. The number of aliphatic hydroxyl groups is 2. The minimum Gasteiger partial charge on any atom is -0.393 e. The van der Waals surface area contributed by atoms with Crippen LogP contribution >= 0.6 is 0 Å². The van der Waals surface area contributed by atoms with Crippen molar-refractivity contribution >= 4 is 0 Å². The van der Waals surface area contributed by atoms with Gasteiger partial charge in [-0.25, -0.2) is 0 Å². The first-order chi connectivity index (χ1) is 8.73. The fraction of sp³-hybridized carbons (Fsp3) is 1.00. The zero-order chi connectivity index (χ0) is 14.7. The third kappa shape index (κ3) is 4.44. The Morgan fingerprint density at radius 3 is 2.21 bits per heavy atom. The highest BCUT2D eigenvalue weighted by molar-refractivity contribution is 4.82. The zero-order valence-electron chi connectivity index (χ0n) is 13.3. The van der Waals surface area contributed by atoms with E-state index < -0.39 is 6.29 Å². The first-order valence-electron chi connectivity index (χ1n) is 7.75. The van der Waals surface area contributed by atoms with Gasteiger partial charge in [0.15, 0.2) is 6.29 Å². The molecule has 0 aromatic heterocycles. The average Bonchev–Trinajstić information content (AvgIpc) is 2.32. The van der Waals surface area contributed by atoms with Crippen LogP contribution in [0.25, 0.3) is 0 Å². The second-order valence-electron chi connectivity index (χ2n) is 7.11. The van der Waals surface area contributed by atoms with Crippen LogP contribution in [-0.2, 0) is 4.74 Å². The van der Waals surface area contributed by atoms with Gasteiger partial charge in [0.1, 0.15) is 0 Å². The van der Waals surface area contributed by atoms with Crippen molar-refractivity contribution in [3.63, 3.8) is 0 Å². The molecule has 1 aliphatic rings. The van der Waals surface area contributed by atoms with Crippen molar-refractivity contribution in [2.24, 2.45) is 29.6 Å². The van der Waals surface area contributed by atoms with Gasteiger partial charge in [0.05, 0.1) is 12.2 Å². The summed E-state index contributed by atoms with van der Waals surface area (Å²) in [6.07, 6.45) is 1.17. The summed E-state index contributed by atoms with van der Waals surface area (Å²) in [7, 11) is 0. The molecule has 1 unspecified atom stereocenters. The van der Waals surface area contributed by atoms with Gasteiger partial charge in [-0.15, -0.1) is 0 Å². The second kappa shape index (κ2) is 7.05. The van der Waals surface area contributed by atoms with Gasteiger partial charge >= 0.3 is 0 Å². The van der Waals surface area contributed by atoms with E-state index in [-0.39, 0.29) is 30.0 Å². The van der Waals surface area contributed by atoms with Crippen molar-refractivity contribution in [1.29, 1.82) is 0 Å². The van der Waals surface area contributed by atoms with Crippen molar-refractivity contribution in [3.05, 3.63) is 0 Å². The largest absolute Gasteiger partial charge is 0.393 e. The summed E-state index contributed by atoms with van der Waals surface area (Å²) in [6, 6.07) is 0. The molecule has 1 rings (SSSR count). The number of hydrogen-bond donors (Lipinski definition) is 2. The molecule has 114 valence electrons. The van der Waals surface area contributed by atoms with Gasteiger partial charge in [-0.3, -0.25) is 0 Å². The predicted octanol–water partition coefficient (Wildman–Crippen LogP) is 3.05. The molecule has 19 heavy (non-hydrogen) atoms. The van der Waals surface area contributed by atoms with Gasteiger partial charge in [0.2, 0.25) is 0 Å². The molecule has 7 atom stereocenters. The summed E-state index contributed by atoms with van der Waals surface area (Å²) >= 11 is 0. The molecule has 0 aromatic rings. The van der Waals surface area contributed by atoms with Gasteiger partial charge in [0, 0.05) is 5.92 Å². The van der Waals surface area contributed by atoms with Gasteiger partial charge in [0.25, 0.3) is 0 Å². The fourth-order valence-electron chi connectivity index (χ4n) is 3.48. The van der Waals surface area contributed by atoms with E-state index in [0.29, 0.717) is 11.8 Å². The Morgan fingerprint density at radius 1 is 1.11 bits per heavy atom. The van der Waals surface area contributed by atoms with E-state index in [0.717, 1.165) is 12.8 Å². The molecule has 0 aliphatic carbocycles. The van der Waals surface area contributed by atoms with Crippen molar-refractivity contribution in [2.45, 2.75) is 72.9 Å². The number of ether oxygens (including phenoxy) is 1. The summed E-state index contributed by atoms with van der Waals surface area (Å²) in [5.74, 6) is 1.61. The topological polar surface area (TPSA) is 49.7 Å². The van der Waals surface area contributed by atoms with Crippen molar-refractivity contribution in [1.82, 2.24) is 0 Å². The highest BCUT2D eigenvalue weighted by Gasteiger charge is 2.36. The molecule has 0 radical (unpaired) electrons. The van der Waals surface area contributed by atoms with Gasteiger partial charge in [-0.05, 0) is 36.5 Å². The van der Waals surface area contributed by atoms with E-state index >= 15 is 0 Å². The van der Waals surface area contributed by atoms with Crippen LogP contribution in [-0.4, -0.2) is 28.7 Å². The summed E-state index contributed by atoms with van der Waals surface area (Å²) in [5.41, 5.74) is 0. The molecule has 0 bridgehead atoms. The molecule has 0 saturated carbocycles. The van der Waals surface area contributed by atoms with Gasteiger partial charge in [-0.1, -0.05) is 41.5 Å². The van der Waals surface area contributed by atoms with Crippen LogP contribution in [0.4, 0.5) is 0 Å². The highest BCUT2D eigenvalue weighted by Crippen LogP contribution is 2.35. The summed E-state index contributed by atoms with van der Waals surface area (Å²) < 4.78 is 5.79. The lowest BCUT2D eigenvalue weighted by molar-refractivity contribution is -0.220. The smallest absolute Gasteiger partial charge is 0.157 e. The Labute approximate surface area is 118 Å². The van der Waals surface area contributed by atoms with Crippen LogP contribution in [0.2, 0.25) is 0 Å². The standard InChI is InChI=1S/C16H32O3/c1-9(2)14(17)10(3)7-11(4)15-12(5)8-13(6)16(18)19-15/h9-18H,7-8H2,1-6H3/t10-,11-,12-,13-,14-,15-,16?/m1/s1. The lowest BCUT2D eigenvalue weighted by Gasteiger charge is -2.40. The van der Waals surface area contributed by atoms with Crippen LogP contribution in [0, 0.1) is 29.6 Å². The van der Waals surface area contributed by atoms with Crippen LogP contribution in [0.5, 0.6) is 0 Å². The molecule has 1 fully saturated rings. The molecule has 3 nitrogen and oxygen atoms in total. The van der Waals surface area contributed by atoms with Crippen LogP contribution in [0.3, 0.4) is 0 Å². The summed E-state index contributed by atoms with van der Waals surface area (Å²) in [4.78, 5) is 0. The van der Waals surface area contributed by atoms with E-state index in [1.165, 1.54) is 0 Å². The fourth-order valence-corrected chi connectivity index (χ4v) is 3.48. The molecular weight excluding hydrogens is 240 g/mol. The van der Waals surface area contributed by atoms with Gasteiger partial charge < -0.3 is 14.9 Å². The molecule has 1 aliphatic heterocycles. The van der Waals surface area contributed by atoms with Crippen molar-refractivity contribution in [3.8, 4) is 0 Å². The molecule has 1 saturated heterocycles. The maximum atomic E-state index is 10.1. The number of rotatable bonds is 5. The molecule has 1 heterocycles. The van der Waals surface area contributed by atoms with Gasteiger partial charge in [-0.2, -0.15) is 0 Å². The molecule has 0 amide bonds. The van der Waals surface area contributed by atoms with E-state index in [1.807, 2.05) is 6.92 Å². The van der Waals surface area contributed by atoms with Crippen LogP contribution in [0.1, 0.15) is 54.4 Å². The minimum atomic E-state index is -0.631. The Kier molecular flexibility index (Phi) is 6.28. The van der Waals surface area contributed by atoms with Crippen molar-refractivity contribution < 1.29 is 14.9 Å². The Balaban J connectivity index is 2.55. The molecule has 2 N–H and O–H groups in total. The second-order valence-corrected chi connectivity index (χ2v) is 7.11. The molecule has 0 aromatic carbocycles. The first kappa shape index (κ1) is 16.9. The van der Waals surface area contributed by atoms with E-state index in [4.69, 9.17) is 4.74 Å². The predicted molar refractivity (Wildman–Crippen MR) is 77.6 cm³/mol. The van der Waals surface area contributed by atoms with Crippen LogP contribution < -0.4 is 0 Å². The zero-order valence-corrected chi connectivity index (χ0v) is 13.3. The highest BCUT2D eigenvalue weighted by atomic mass is 16.6. The minimum absolute atomic E-state index is 0.105. The normalized spacial score (nSPS) is 37.1. The van der Waals surface area contributed by atoms with Crippen LogP contribution in [0.15, 0.2) is 0 Å². The first-order valence-corrected chi connectivity index (χ1v) is 7.75. The third-order valence-electron chi connectivity index (χ3n) is 4.66. The third-order valence-corrected chi connectivity index (χ3v) is 4.66.